The van der Waals surface area contributed by atoms with Gasteiger partial charge in [0.2, 0.25) is 0 Å². The maximum Gasteiger partial charge on any atom is 0.00682 e. The van der Waals surface area contributed by atoms with Gasteiger partial charge in [-0.25, -0.2) is 0 Å². The van der Waals surface area contributed by atoms with E-state index in [4.69, 9.17) is 0 Å². The van der Waals surface area contributed by atoms with E-state index in [2.05, 4.69) is 51.2 Å². The van der Waals surface area contributed by atoms with Gasteiger partial charge >= 0.3 is 0 Å². The quantitative estimate of drug-likeness (QED) is 0.680. The Balaban J connectivity index is 1.87. The Morgan fingerprint density at radius 2 is 1.81 bits per heavy atom. The van der Waals surface area contributed by atoms with Gasteiger partial charge in [0.05, 0.1) is 0 Å². The van der Waals surface area contributed by atoms with Crippen molar-refractivity contribution < 1.29 is 0 Å². The molecule has 0 spiro atoms. The highest BCUT2D eigenvalue weighted by Crippen LogP contribution is 2.29. The molecule has 1 fully saturated rings. The first-order valence-corrected chi connectivity index (χ1v) is 8.88. The van der Waals surface area contributed by atoms with Crippen LogP contribution in [0.3, 0.4) is 0 Å². The minimum absolute atomic E-state index is 0.440. The van der Waals surface area contributed by atoms with Crippen LogP contribution in [0.1, 0.15) is 70.1 Å². The van der Waals surface area contributed by atoms with Crippen LogP contribution in [0.25, 0.3) is 0 Å². The summed E-state index contributed by atoms with van der Waals surface area (Å²) in [5.41, 5.74) is 5.05. The fraction of sp³-hybridized carbons (Fsp3) is 0.700. The molecule has 21 heavy (non-hydrogen) atoms. The first-order chi connectivity index (χ1) is 10.0. The van der Waals surface area contributed by atoms with Crippen molar-refractivity contribution in [2.75, 3.05) is 6.54 Å². The molecule has 1 nitrogen and oxygen atoms in total. The molecule has 1 N–H and O–H groups in total. The van der Waals surface area contributed by atoms with Gasteiger partial charge in [0.15, 0.2) is 0 Å². The van der Waals surface area contributed by atoms with E-state index in [9.17, 15) is 0 Å². The second-order valence-corrected chi connectivity index (χ2v) is 7.45. The van der Waals surface area contributed by atoms with Crippen molar-refractivity contribution >= 4 is 0 Å². The largest absolute Gasteiger partial charge is 0.314 e. The van der Waals surface area contributed by atoms with Crippen LogP contribution in [0.5, 0.6) is 0 Å². The van der Waals surface area contributed by atoms with Crippen LogP contribution in [0.4, 0.5) is 0 Å². The van der Waals surface area contributed by atoms with Crippen molar-refractivity contribution in [1.82, 2.24) is 5.32 Å². The van der Waals surface area contributed by atoms with E-state index in [1.165, 1.54) is 44.2 Å². The standard InChI is InChI=1S/C20H33N/c1-5-16-7-8-17(6-2)18(15-16)11-12-20(3,4)13-14-21-19-9-10-19/h7-8,15,19,21H,5-6,9-14H2,1-4H3. The first kappa shape index (κ1) is 16.5. The van der Waals surface area contributed by atoms with Crippen LogP contribution < -0.4 is 5.32 Å². The molecule has 1 aromatic rings. The van der Waals surface area contributed by atoms with Crippen LogP contribution >= 0.6 is 0 Å². The first-order valence-electron chi connectivity index (χ1n) is 8.88. The summed E-state index contributed by atoms with van der Waals surface area (Å²) in [5, 5.41) is 3.65. The molecule has 0 unspecified atom stereocenters. The maximum absolute atomic E-state index is 3.65. The molecule has 1 aromatic carbocycles. The minimum Gasteiger partial charge on any atom is -0.314 e. The van der Waals surface area contributed by atoms with Gasteiger partial charge in [-0.05, 0) is 73.6 Å². The van der Waals surface area contributed by atoms with Crippen LogP contribution in [0.15, 0.2) is 18.2 Å². The summed E-state index contributed by atoms with van der Waals surface area (Å²) >= 11 is 0. The van der Waals surface area contributed by atoms with Crippen LogP contribution in [-0.2, 0) is 19.3 Å². The average Bonchev–Trinajstić information content (AvgIpc) is 3.29. The summed E-state index contributed by atoms with van der Waals surface area (Å²) < 4.78 is 0. The van der Waals surface area contributed by atoms with Crippen LogP contribution in [-0.4, -0.2) is 12.6 Å². The third kappa shape index (κ3) is 5.47. The summed E-state index contributed by atoms with van der Waals surface area (Å²) in [6, 6.07) is 7.92. The highest BCUT2D eigenvalue weighted by atomic mass is 14.9. The van der Waals surface area contributed by atoms with Gasteiger partial charge in [-0.3, -0.25) is 0 Å². The molecule has 1 saturated carbocycles. The Labute approximate surface area is 131 Å². The lowest BCUT2D eigenvalue weighted by Crippen LogP contribution is -2.24. The molecule has 0 aliphatic heterocycles. The molecule has 0 radical (unpaired) electrons. The van der Waals surface area contributed by atoms with Gasteiger partial charge < -0.3 is 5.32 Å². The summed E-state index contributed by atoms with van der Waals surface area (Å²) in [6.45, 7) is 10.6. The Kier molecular flexibility index (Phi) is 5.87. The number of benzene rings is 1. The number of nitrogens with one attached hydrogen (secondary N) is 1. The van der Waals surface area contributed by atoms with Crippen molar-refractivity contribution in [1.29, 1.82) is 0 Å². The highest BCUT2D eigenvalue weighted by Gasteiger charge is 2.23. The highest BCUT2D eigenvalue weighted by molar-refractivity contribution is 5.32. The lowest BCUT2D eigenvalue weighted by Gasteiger charge is -2.25. The minimum atomic E-state index is 0.440. The second-order valence-electron chi connectivity index (χ2n) is 7.45. The third-order valence-electron chi connectivity index (χ3n) is 4.94. The molecule has 1 heteroatoms. The summed E-state index contributed by atoms with van der Waals surface area (Å²) in [5.74, 6) is 0. The third-order valence-corrected chi connectivity index (χ3v) is 4.94. The molecule has 0 amide bonds. The van der Waals surface area contributed by atoms with Crippen molar-refractivity contribution in [2.24, 2.45) is 5.41 Å². The van der Waals surface area contributed by atoms with Crippen molar-refractivity contribution in [3.8, 4) is 0 Å². The smallest absolute Gasteiger partial charge is 0.00682 e. The Bertz CT molecular complexity index is 443. The monoisotopic (exact) mass is 287 g/mol. The fourth-order valence-corrected chi connectivity index (χ4v) is 2.98. The topological polar surface area (TPSA) is 12.0 Å². The Morgan fingerprint density at radius 1 is 1.05 bits per heavy atom. The normalized spacial score (nSPS) is 15.4. The molecule has 2 rings (SSSR count). The second kappa shape index (κ2) is 7.45. The maximum atomic E-state index is 3.65. The van der Waals surface area contributed by atoms with E-state index in [0.717, 1.165) is 18.9 Å². The zero-order valence-electron chi connectivity index (χ0n) is 14.5. The molecular weight excluding hydrogens is 254 g/mol. The molecule has 0 bridgehead atoms. The molecule has 0 atom stereocenters. The SMILES string of the molecule is CCc1ccc(CC)c(CCC(C)(C)CCNC2CC2)c1. The predicted molar refractivity (Wildman–Crippen MR) is 92.9 cm³/mol. The van der Waals surface area contributed by atoms with Crippen molar-refractivity contribution in [3.05, 3.63) is 34.9 Å². The Morgan fingerprint density at radius 3 is 2.43 bits per heavy atom. The van der Waals surface area contributed by atoms with Gasteiger partial charge in [0.25, 0.3) is 0 Å². The van der Waals surface area contributed by atoms with E-state index in [1.807, 2.05) is 0 Å². The molecule has 0 heterocycles. The van der Waals surface area contributed by atoms with Gasteiger partial charge in [-0.2, -0.15) is 0 Å². The molecular formula is C20H33N. The van der Waals surface area contributed by atoms with E-state index in [1.54, 1.807) is 11.1 Å². The van der Waals surface area contributed by atoms with Gasteiger partial charge in [0.1, 0.15) is 0 Å². The Hall–Kier alpha value is -0.820. The van der Waals surface area contributed by atoms with Crippen molar-refractivity contribution in [2.45, 2.75) is 78.7 Å². The lowest BCUT2D eigenvalue weighted by atomic mass is 9.82. The number of rotatable bonds is 9. The molecule has 1 aliphatic rings. The molecule has 118 valence electrons. The van der Waals surface area contributed by atoms with Gasteiger partial charge in [-0.1, -0.05) is 45.9 Å². The molecule has 0 aromatic heterocycles. The van der Waals surface area contributed by atoms with E-state index in [0.29, 0.717) is 5.41 Å². The van der Waals surface area contributed by atoms with Crippen LogP contribution in [0, 0.1) is 5.41 Å². The van der Waals surface area contributed by atoms with E-state index in [-0.39, 0.29) is 0 Å². The summed E-state index contributed by atoms with van der Waals surface area (Å²) in [6.07, 6.45) is 8.90. The predicted octanol–water partition coefficient (Wildman–Crippen LogP) is 4.91. The van der Waals surface area contributed by atoms with Crippen molar-refractivity contribution in [3.63, 3.8) is 0 Å². The zero-order valence-corrected chi connectivity index (χ0v) is 14.5. The zero-order chi connectivity index (χ0) is 15.3. The number of hydrogen-bond acceptors (Lipinski definition) is 1. The lowest BCUT2D eigenvalue weighted by molar-refractivity contribution is 0.301. The van der Waals surface area contributed by atoms with Crippen LogP contribution in [0.2, 0.25) is 0 Å². The summed E-state index contributed by atoms with van der Waals surface area (Å²) in [7, 11) is 0. The van der Waals surface area contributed by atoms with Gasteiger partial charge in [0, 0.05) is 6.04 Å². The van der Waals surface area contributed by atoms with E-state index < -0.39 is 0 Å². The van der Waals surface area contributed by atoms with E-state index >= 15 is 0 Å². The molecule has 1 aliphatic carbocycles. The average molecular weight is 287 g/mol. The molecule has 0 saturated heterocycles. The number of hydrogen-bond donors (Lipinski definition) is 1. The fourth-order valence-electron chi connectivity index (χ4n) is 2.98. The number of aryl methyl sites for hydroxylation is 3. The van der Waals surface area contributed by atoms with Gasteiger partial charge in [-0.15, -0.1) is 0 Å². The summed E-state index contributed by atoms with van der Waals surface area (Å²) in [4.78, 5) is 0.